The zero-order valence-electron chi connectivity index (χ0n) is 9.81. The van der Waals surface area contributed by atoms with Crippen molar-refractivity contribution in [2.24, 2.45) is 0 Å². The molecule has 2 heterocycles. The Morgan fingerprint density at radius 3 is 3.06 bits per heavy atom. The molecule has 5 heteroatoms. The lowest BCUT2D eigenvalue weighted by Crippen LogP contribution is -2.06. The van der Waals surface area contributed by atoms with Gasteiger partial charge in [0.1, 0.15) is 0 Å². The van der Waals surface area contributed by atoms with Crippen molar-refractivity contribution in [3.63, 3.8) is 0 Å². The maximum absolute atomic E-state index is 5.58. The summed E-state index contributed by atoms with van der Waals surface area (Å²) in [5.41, 5.74) is 0. The van der Waals surface area contributed by atoms with Gasteiger partial charge in [-0.15, -0.1) is 11.8 Å². The second-order valence-electron chi connectivity index (χ2n) is 4.12. The fourth-order valence-electron chi connectivity index (χ4n) is 1.80. The van der Waals surface area contributed by atoms with Gasteiger partial charge in [-0.3, -0.25) is 0 Å². The minimum absolute atomic E-state index is 0.280. The predicted molar refractivity (Wildman–Crippen MR) is 63.5 cm³/mol. The van der Waals surface area contributed by atoms with E-state index >= 15 is 0 Å². The molecule has 2 rings (SSSR count). The molecule has 1 aliphatic rings. The van der Waals surface area contributed by atoms with Gasteiger partial charge in [-0.2, -0.15) is 4.98 Å². The van der Waals surface area contributed by atoms with E-state index in [1.807, 2.05) is 18.7 Å². The number of hydrogen-bond donors (Lipinski definition) is 0. The van der Waals surface area contributed by atoms with Gasteiger partial charge in [-0.1, -0.05) is 5.16 Å². The zero-order chi connectivity index (χ0) is 11.4. The highest BCUT2D eigenvalue weighted by molar-refractivity contribution is 7.99. The summed E-state index contributed by atoms with van der Waals surface area (Å²) in [6.07, 6.45) is 4.04. The van der Waals surface area contributed by atoms with Crippen molar-refractivity contribution < 1.29 is 9.26 Å². The molecule has 1 aromatic heterocycles. The van der Waals surface area contributed by atoms with Crippen LogP contribution in [0.15, 0.2) is 4.52 Å². The summed E-state index contributed by atoms with van der Waals surface area (Å²) < 4.78 is 10.7. The van der Waals surface area contributed by atoms with Gasteiger partial charge in [-0.25, -0.2) is 0 Å². The van der Waals surface area contributed by atoms with Crippen LogP contribution in [0.25, 0.3) is 0 Å². The Kier molecular flexibility index (Phi) is 4.23. The molecule has 0 amide bonds. The number of aromatic nitrogens is 2. The highest BCUT2D eigenvalue weighted by Crippen LogP contribution is 2.28. The molecule has 4 nitrogen and oxygen atoms in total. The van der Waals surface area contributed by atoms with Crippen LogP contribution in [0.1, 0.15) is 43.2 Å². The fraction of sp³-hybridized carbons (Fsp3) is 0.818. The molecule has 2 atom stereocenters. The van der Waals surface area contributed by atoms with Crippen molar-refractivity contribution in [1.82, 2.24) is 10.1 Å². The van der Waals surface area contributed by atoms with E-state index in [9.17, 15) is 0 Å². The number of aryl methyl sites for hydroxylation is 1. The van der Waals surface area contributed by atoms with Crippen LogP contribution in [-0.4, -0.2) is 28.6 Å². The summed E-state index contributed by atoms with van der Waals surface area (Å²) in [5.74, 6) is 2.53. The molecule has 0 aromatic carbocycles. The number of thioether (sulfide) groups is 1. The number of rotatable bonds is 5. The molecule has 1 aromatic rings. The molecule has 0 aliphatic carbocycles. The number of hydrogen-bond acceptors (Lipinski definition) is 5. The van der Waals surface area contributed by atoms with Gasteiger partial charge in [0.2, 0.25) is 5.89 Å². The average Bonchev–Trinajstić information content (AvgIpc) is 2.89. The van der Waals surface area contributed by atoms with Crippen LogP contribution in [-0.2, 0) is 4.74 Å². The van der Waals surface area contributed by atoms with Gasteiger partial charge in [0, 0.05) is 6.61 Å². The first-order chi connectivity index (χ1) is 7.75. The molecule has 0 bridgehead atoms. The first-order valence-electron chi connectivity index (χ1n) is 5.79. The van der Waals surface area contributed by atoms with Crippen molar-refractivity contribution in [1.29, 1.82) is 0 Å². The van der Waals surface area contributed by atoms with Gasteiger partial charge >= 0.3 is 0 Å². The average molecular weight is 242 g/mol. The molecular formula is C11H18N2O2S. The van der Waals surface area contributed by atoms with Gasteiger partial charge in [0.15, 0.2) is 5.82 Å². The van der Waals surface area contributed by atoms with E-state index in [-0.39, 0.29) is 5.25 Å². The Labute approximate surface area is 100 Å². The summed E-state index contributed by atoms with van der Waals surface area (Å²) in [4.78, 5) is 4.23. The Bertz CT molecular complexity index is 324. The van der Waals surface area contributed by atoms with Crippen molar-refractivity contribution in [2.75, 3.05) is 12.4 Å². The lowest BCUT2D eigenvalue weighted by Gasteiger charge is -2.10. The number of nitrogens with zero attached hydrogens (tertiary/aromatic N) is 2. The quantitative estimate of drug-likeness (QED) is 0.794. The SMILES string of the molecule is Cc1noc(C(C)SCCC2CCCO2)n1. The molecule has 0 radical (unpaired) electrons. The van der Waals surface area contributed by atoms with E-state index in [1.54, 1.807) is 0 Å². The first kappa shape index (κ1) is 11.9. The smallest absolute Gasteiger partial charge is 0.239 e. The molecule has 1 fully saturated rings. The monoisotopic (exact) mass is 242 g/mol. The molecule has 2 unspecified atom stereocenters. The Balaban J connectivity index is 1.69. The topological polar surface area (TPSA) is 48.2 Å². The molecule has 90 valence electrons. The van der Waals surface area contributed by atoms with Crippen LogP contribution < -0.4 is 0 Å². The molecule has 1 aliphatic heterocycles. The van der Waals surface area contributed by atoms with E-state index in [0.717, 1.165) is 24.7 Å². The van der Waals surface area contributed by atoms with E-state index in [2.05, 4.69) is 17.1 Å². The maximum Gasteiger partial charge on any atom is 0.239 e. The second-order valence-corrected chi connectivity index (χ2v) is 5.57. The summed E-state index contributed by atoms with van der Waals surface area (Å²) >= 11 is 1.85. The van der Waals surface area contributed by atoms with Gasteiger partial charge < -0.3 is 9.26 Å². The fourth-order valence-corrected chi connectivity index (χ4v) is 2.79. The zero-order valence-corrected chi connectivity index (χ0v) is 10.6. The van der Waals surface area contributed by atoms with Crippen LogP contribution >= 0.6 is 11.8 Å². The van der Waals surface area contributed by atoms with Crippen LogP contribution in [0.2, 0.25) is 0 Å². The minimum Gasteiger partial charge on any atom is -0.378 e. The predicted octanol–water partition coefficient (Wildman–Crippen LogP) is 2.74. The lowest BCUT2D eigenvalue weighted by atomic mass is 10.2. The van der Waals surface area contributed by atoms with Crippen molar-refractivity contribution >= 4 is 11.8 Å². The standard InChI is InChI=1S/C11H18N2O2S/c1-8(11-12-9(2)13-15-11)16-7-5-10-4-3-6-14-10/h8,10H,3-7H2,1-2H3. The van der Waals surface area contributed by atoms with E-state index in [0.29, 0.717) is 11.9 Å². The van der Waals surface area contributed by atoms with Crippen LogP contribution in [0, 0.1) is 6.92 Å². The molecule has 0 spiro atoms. The van der Waals surface area contributed by atoms with Crippen molar-refractivity contribution in [3.8, 4) is 0 Å². The highest BCUT2D eigenvalue weighted by Gasteiger charge is 2.17. The summed E-state index contributed by atoms with van der Waals surface area (Å²) in [6, 6.07) is 0. The third-order valence-corrected chi connectivity index (χ3v) is 3.90. The normalized spacial score (nSPS) is 22.5. The van der Waals surface area contributed by atoms with Gasteiger partial charge in [0.25, 0.3) is 0 Å². The minimum atomic E-state index is 0.280. The van der Waals surface area contributed by atoms with Crippen LogP contribution in [0.4, 0.5) is 0 Å². The van der Waals surface area contributed by atoms with Gasteiger partial charge in [0.05, 0.1) is 11.4 Å². The number of ether oxygens (including phenoxy) is 1. The Morgan fingerprint density at radius 1 is 1.56 bits per heavy atom. The Morgan fingerprint density at radius 2 is 2.44 bits per heavy atom. The third-order valence-electron chi connectivity index (χ3n) is 2.72. The molecular weight excluding hydrogens is 224 g/mol. The van der Waals surface area contributed by atoms with Crippen molar-refractivity contribution in [2.45, 2.75) is 44.5 Å². The molecule has 1 saturated heterocycles. The van der Waals surface area contributed by atoms with E-state index in [4.69, 9.17) is 9.26 Å². The highest BCUT2D eigenvalue weighted by atomic mass is 32.2. The van der Waals surface area contributed by atoms with Crippen molar-refractivity contribution in [3.05, 3.63) is 11.7 Å². The van der Waals surface area contributed by atoms with E-state index < -0.39 is 0 Å². The van der Waals surface area contributed by atoms with Crippen LogP contribution in [0.3, 0.4) is 0 Å². The molecule has 0 saturated carbocycles. The summed E-state index contributed by atoms with van der Waals surface area (Å²) in [7, 11) is 0. The Hall–Kier alpha value is -0.550. The summed E-state index contributed by atoms with van der Waals surface area (Å²) in [6.45, 7) is 4.89. The maximum atomic E-state index is 5.58. The van der Waals surface area contributed by atoms with Crippen LogP contribution in [0.5, 0.6) is 0 Å². The second kappa shape index (κ2) is 5.68. The summed E-state index contributed by atoms with van der Waals surface area (Å²) in [5, 5.41) is 4.08. The third kappa shape index (κ3) is 3.22. The lowest BCUT2D eigenvalue weighted by molar-refractivity contribution is 0.109. The molecule has 0 N–H and O–H groups in total. The first-order valence-corrected chi connectivity index (χ1v) is 6.84. The molecule has 16 heavy (non-hydrogen) atoms. The van der Waals surface area contributed by atoms with E-state index in [1.165, 1.54) is 12.8 Å². The largest absolute Gasteiger partial charge is 0.378 e. The van der Waals surface area contributed by atoms with Gasteiger partial charge in [-0.05, 0) is 38.9 Å².